The van der Waals surface area contributed by atoms with Gasteiger partial charge in [0.15, 0.2) is 5.25 Å². The normalized spacial score (nSPS) is 23.4. The summed E-state index contributed by atoms with van der Waals surface area (Å²) in [4.78, 5) is 28.2. The van der Waals surface area contributed by atoms with E-state index in [1.54, 1.807) is 17.0 Å². The number of nitrogens with one attached hydrogen (secondary N) is 2. The van der Waals surface area contributed by atoms with Crippen LogP contribution in [0.3, 0.4) is 0 Å². The largest absolute Gasteiger partial charge is 0.341 e. The third kappa shape index (κ3) is 4.84. The Balaban J connectivity index is 1.48. The lowest BCUT2D eigenvalue weighted by Gasteiger charge is -2.29. The minimum atomic E-state index is -3.65. The Morgan fingerprint density at radius 1 is 1.03 bits per heavy atom. The number of thioether (sulfide) groups is 1. The van der Waals surface area contributed by atoms with Crippen LogP contribution in [0.2, 0.25) is 0 Å². The molecule has 0 bridgehead atoms. The van der Waals surface area contributed by atoms with Gasteiger partial charge in [0, 0.05) is 24.0 Å². The summed E-state index contributed by atoms with van der Waals surface area (Å²) in [7, 11) is -3.65. The van der Waals surface area contributed by atoms with E-state index < -0.39 is 15.3 Å². The summed E-state index contributed by atoms with van der Waals surface area (Å²) in [6.07, 6.45) is 9.11. The van der Waals surface area contributed by atoms with Crippen molar-refractivity contribution in [2.24, 2.45) is 0 Å². The second-order valence-electron chi connectivity index (χ2n) is 8.34. The molecule has 2 N–H and O–H groups in total. The molecule has 1 aromatic carbocycles. The monoisotopic (exact) mass is 451 g/mol. The van der Waals surface area contributed by atoms with Crippen molar-refractivity contribution in [3.63, 3.8) is 0 Å². The maximum absolute atomic E-state index is 12.9. The molecule has 0 aromatic heterocycles. The maximum Gasteiger partial charge on any atom is 0.247 e. The minimum Gasteiger partial charge on any atom is -0.341 e. The Morgan fingerprint density at radius 2 is 1.70 bits per heavy atom. The molecule has 0 radical (unpaired) electrons. The number of benzene rings is 1. The third-order valence-corrected chi connectivity index (χ3v) is 8.85. The van der Waals surface area contributed by atoms with Gasteiger partial charge in [0.05, 0.1) is 10.6 Å². The van der Waals surface area contributed by atoms with Gasteiger partial charge in [-0.05, 0) is 43.9 Å². The van der Waals surface area contributed by atoms with Crippen molar-refractivity contribution in [1.29, 1.82) is 0 Å². The zero-order valence-electron chi connectivity index (χ0n) is 17.1. The average molecular weight is 452 g/mol. The molecule has 30 heavy (non-hydrogen) atoms. The number of hydrogen-bond donors (Lipinski definition) is 2. The maximum atomic E-state index is 12.9. The Morgan fingerprint density at radius 3 is 2.40 bits per heavy atom. The predicted molar refractivity (Wildman–Crippen MR) is 117 cm³/mol. The van der Waals surface area contributed by atoms with Gasteiger partial charge >= 0.3 is 0 Å². The van der Waals surface area contributed by atoms with Gasteiger partial charge in [-0.15, -0.1) is 11.8 Å². The molecule has 3 aliphatic rings. The number of sulfonamides is 1. The van der Waals surface area contributed by atoms with Gasteiger partial charge in [0.25, 0.3) is 0 Å². The van der Waals surface area contributed by atoms with Gasteiger partial charge in [-0.3, -0.25) is 9.59 Å². The average Bonchev–Trinajstić information content (AvgIpc) is 3.02. The highest BCUT2D eigenvalue weighted by Gasteiger charge is 2.36. The van der Waals surface area contributed by atoms with Crippen molar-refractivity contribution in [3.8, 4) is 0 Å². The zero-order chi connectivity index (χ0) is 21.1. The molecule has 2 amide bonds. The summed E-state index contributed by atoms with van der Waals surface area (Å²) in [5, 5.41) is 1.94. The lowest BCUT2D eigenvalue weighted by molar-refractivity contribution is -0.133. The van der Waals surface area contributed by atoms with Crippen molar-refractivity contribution in [2.45, 2.75) is 78.9 Å². The minimum absolute atomic E-state index is 0.0284. The number of hydrogen-bond acceptors (Lipinski definition) is 5. The fraction of sp³-hybridized carbons (Fsp3) is 0.619. The second kappa shape index (κ2) is 9.28. The summed E-state index contributed by atoms with van der Waals surface area (Å²) in [5.41, 5.74) is 0.455. The van der Waals surface area contributed by atoms with Gasteiger partial charge in [0.2, 0.25) is 21.8 Å². The molecule has 1 saturated heterocycles. The number of carbonyl (C=O) groups is 2. The Labute approximate surface area is 182 Å². The first-order valence-electron chi connectivity index (χ1n) is 10.9. The molecule has 1 atom stereocenters. The number of carbonyl (C=O) groups excluding carboxylic acids is 2. The fourth-order valence-corrected chi connectivity index (χ4v) is 6.77. The lowest BCUT2D eigenvalue weighted by Crippen LogP contribution is -2.45. The van der Waals surface area contributed by atoms with Crippen LogP contribution in [0.25, 0.3) is 0 Å². The van der Waals surface area contributed by atoms with Crippen molar-refractivity contribution in [3.05, 3.63) is 18.2 Å². The van der Waals surface area contributed by atoms with E-state index in [1.165, 1.54) is 17.8 Å². The molecule has 7 nitrogen and oxygen atoms in total. The first kappa shape index (κ1) is 21.6. The topological polar surface area (TPSA) is 95.6 Å². The SMILES string of the molecule is O=C1Nc2cc(S(=O)(=O)NC3CCCCC3)ccc2S[C@H]1C(=O)N1CCCCCC1. The van der Waals surface area contributed by atoms with Crippen LogP contribution in [0, 0.1) is 0 Å². The highest BCUT2D eigenvalue weighted by molar-refractivity contribution is 8.01. The molecule has 0 unspecified atom stereocenters. The van der Waals surface area contributed by atoms with Crippen LogP contribution >= 0.6 is 11.8 Å². The molecule has 2 heterocycles. The number of anilines is 1. The van der Waals surface area contributed by atoms with Crippen molar-refractivity contribution in [2.75, 3.05) is 18.4 Å². The molecular formula is C21H29N3O4S2. The molecule has 164 valence electrons. The summed E-state index contributed by atoms with van der Waals surface area (Å²) in [6, 6.07) is 4.72. The van der Waals surface area contributed by atoms with Gasteiger partial charge in [0.1, 0.15) is 0 Å². The lowest BCUT2D eigenvalue weighted by atomic mass is 9.96. The molecular weight excluding hydrogens is 422 g/mol. The second-order valence-corrected chi connectivity index (χ2v) is 11.2. The van der Waals surface area contributed by atoms with Crippen molar-refractivity contribution in [1.82, 2.24) is 9.62 Å². The summed E-state index contributed by atoms with van der Waals surface area (Å²) >= 11 is 1.21. The summed E-state index contributed by atoms with van der Waals surface area (Å²) < 4.78 is 28.4. The molecule has 1 aromatic rings. The van der Waals surface area contributed by atoms with Crippen molar-refractivity contribution < 1.29 is 18.0 Å². The third-order valence-electron chi connectivity index (χ3n) is 6.07. The van der Waals surface area contributed by atoms with Gasteiger partial charge < -0.3 is 10.2 Å². The number of fused-ring (bicyclic) bond motifs is 1. The summed E-state index contributed by atoms with van der Waals surface area (Å²) in [5.74, 6) is -0.530. The van der Waals surface area contributed by atoms with E-state index in [-0.39, 0.29) is 22.8 Å². The molecule has 0 spiro atoms. The number of amides is 2. The molecule has 1 aliphatic carbocycles. The Hall–Kier alpha value is -1.58. The van der Waals surface area contributed by atoms with Crippen LogP contribution < -0.4 is 10.0 Å². The molecule has 9 heteroatoms. The number of likely N-dealkylation sites (tertiary alicyclic amines) is 1. The number of rotatable bonds is 4. The summed E-state index contributed by atoms with van der Waals surface area (Å²) in [6.45, 7) is 1.39. The van der Waals surface area contributed by atoms with Crippen LogP contribution in [-0.4, -0.2) is 49.5 Å². The van der Waals surface area contributed by atoms with Gasteiger partial charge in [-0.1, -0.05) is 32.1 Å². The van der Waals surface area contributed by atoms with Crippen molar-refractivity contribution >= 4 is 39.3 Å². The molecule has 4 rings (SSSR count). The van der Waals surface area contributed by atoms with Crippen LogP contribution in [0.15, 0.2) is 28.0 Å². The zero-order valence-corrected chi connectivity index (χ0v) is 18.7. The van der Waals surface area contributed by atoms with E-state index in [1.807, 2.05) is 0 Å². The molecule has 1 saturated carbocycles. The highest BCUT2D eigenvalue weighted by Crippen LogP contribution is 2.38. The first-order valence-corrected chi connectivity index (χ1v) is 13.2. The van der Waals surface area contributed by atoms with E-state index in [4.69, 9.17) is 0 Å². The molecule has 2 aliphatic heterocycles. The van der Waals surface area contributed by atoms with Crippen LogP contribution in [0.5, 0.6) is 0 Å². The Kier molecular flexibility index (Phi) is 6.69. The van der Waals surface area contributed by atoms with E-state index in [0.29, 0.717) is 18.8 Å². The Bertz CT molecular complexity index is 905. The van der Waals surface area contributed by atoms with Crippen LogP contribution in [0.1, 0.15) is 57.8 Å². The smallest absolute Gasteiger partial charge is 0.247 e. The van der Waals surface area contributed by atoms with E-state index in [9.17, 15) is 18.0 Å². The van der Waals surface area contributed by atoms with Crippen LogP contribution in [-0.2, 0) is 19.6 Å². The van der Waals surface area contributed by atoms with E-state index >= 15 is 0 Å². The molecule has 2 fully saturated rings. The van der Waals surface area contributed by atoms with Gasteiger partial charge in [-0.2, -0.15) is 0 Å². The number of nitrogens with zero attached hydrogens (tertiary/aromatic N) is 1. The first-order chi connectivity index (χ1) is 14.4. The fourth-order valence-electron chi connectivity index (χ4n) is 4.38. The quantitative estimate of drug-likeness (QED) is 0.686. The standard InChI is InChI=1S/C21H29N3O4S2/c25-20-19(21(26)24-12-6-1-2-7-13-24)29-18-11-10-16(14-17(18)22-20)30(27,28)23-15-8-4-3-5-9-15/h10-11,14-15,19,23H,1-9,12-13H2,(H,22,25)/t19-/m1/s1. The van der Waals surface area contributed by atoms with Crippen LogP contribution in [0.4, 0.5) is 5.69 Å². The predicted octanol–water partition coefficient (Wildman–Crippen LogP) is 3.11. The van der Waals surface area contributed by atoms with E-state index in [2.05, 4.69) is 10.0 Å². The van der Waals surface area contributed by atoms with E-state index in [0.717, 1.165) is 62.7 Å². The highest BCUT2D eigenvalue weighted by atomic mass is 32.2. The van der Waals surface area contributed by atoms with Gasteiger partial charge in [-0.25, -0.2) is 13.1 Å².